The molecule has 2 aromatic rings. The molecular weight excluding hydrogens is 259 g/mol. The summed E-state index contributed by atoms with van der Waals surface area (Å²) in [5.41, 5.74) is 2.40. The first kappa shape index (κ1) is 14.0. The monoisotopic (exact) mass is 274 g/mol. The highest BCUT2D eigenvalue weighted by Crippen LogP contribution is 2.14. The molecule has 1 heterocycles. The van der Waals surface area contributed by atoms with Crippen LogP contribution >= 0.6 is 0 Å². The van der Waals surface area contributed by atoms with Crippen LogP contribution in [0.15, 0.2) is 36.5 Å². The maximum atomic E-state index is 13.0. The molecule has 20 heavy (non-hydrogen) atoms. The van der Waals surface area contributed by atoms with Crippen LogP contribution in [0.2, 0.25) is 0 Å². The average molecular weight is 274 g/mol. The Kier molecular flexibility index (Phi) is 4.30. The van der Waals surface area contributed by atoms with Gasteiger partial charge in [-0.25, -0.2) is 14.2 Å². The minimum absolute atomic E-state index is 0.00308. The molecule has 2 rings (SSSR count). The van der Waals surface area contributed by atoms with Gasteiger partial charge in [0.1, 0.15) is 5.82 Å². The van der Waals surface area contributed by atoms with Gasteiger partial charge < -0.3 is 10.4 Å². The fraction of sp³-hybridized carbons (Fsp3) is 0.200. The summed E-state index contributed by atoms with van der Waals surface area (Å²) in [4.78, 5) is 14.8. The van der Waals surface area contributed by atoms with Crippen LogP contribution in [0.5, 0.6) is 0 Å². The maximum Gasteiger partial charge on any atom is 0.356 e. The Labute approximate surface area is 116 Å². The topological polar surface area (TPSA) is 62.2 Å². The van der Waals surface area contributed by atoms with Crippen LogP contribution in [0.25, 0.3) is 0 Å². The summed E-state index contributed by atoms with van der Waals surface area (Å²) in [5, 5.41) is 12.1. The molecule has 0 unspecified atom stereocenters. The molecule has 1 aromatic carbocycles. The van der Waals surface area contributed by atoms with Gasteiger partial charge in [-0.3, -0.25) is 0 Å². The van der Waals surface area contributed by atoms with Crippen molar-refractivity contribution >= 4 is 11.7 Å². The largest absolute Gasteiger partial charge is 0.476 e. The summed E-state index contributed by atoms with van der Waals surface area (Å²) in [6, 6.07) is 8.01. The molecule has 0 atom stereocenters. The van der Waals surface area contributed by atoms with Gasteiger partial charge in [-0.2, -0.15) is 0 Å². The van der Waals surface area contributed by atoms with Crippen molar-refractivity contribution in [3.05, 3.63) is 59.2 Å². The number of hydrogen-bond donors (Lipinski definition) is 2. The van der Waals surface area contributed by atoms with Crippen LogP contribution in [0.3, 0.4) is 0 Å². The number of aromatic carboxylic acids is 1. The summed E-state index contributed by atoms with van der Waals surface area (Å²) in [6.07, 6.45) is 2.12. The second-order valence-electron chi connectivity index (χ2n) is 4.45. The number of carbonyl (C=O) groups is 1. The molecule has 0 fully saturated rings. The van der Waals surface area contributed by atoms with E-state index < -0.39 is 5.97 Å². The van der Waals surface area contributed by atoms with Gasteiger partial charge in [-0.1, -0.05) is 6.07 Å². The Bertz CT molecular complexity index is 629. The molecule has 0 aliphatic rings. The van der Waals surface area contributed by atoms with Gasteiger partial charge in [-0.15, -0.1) is 0 Å². The molecule has 0 amide bonds. The fourth-order valence-electron chi connectivity index (χ4n) is 1.99. The number of pyridine rings is 1. The predicted molar refractivity (Wildman–Crippen MR) is 74.5 cm³/mol. The first-order valence-electron chi connectivity index (χ1n) is 6.25. The lowest BCUT2D eigenvalue weighted by molar-refractivity contribution is 0.0691. The number of carboxylic acid groups (broad SMARTS) is 1. The van der Waals surface area contributed by atoms with Crippen molar-refractivity contribution in [3.8, 4) is 0 Å². The molecule has 0 radical (unpaired) electrons. The molecule has 4 nitrogen and oxygen atoms in total. The third-order valence-corrected chi connectivity index (χ3v) is 3.02. The van der Waals surface area contributed by atoms with Crippen molar-refractivity contribution in [2.75, 3.05) is 11.9 Å². The summed E-state index contributed by atoms with van der Waals surface area (Å²) >= 11 is 0. The zero-order valence-electron chi connectivity index (χ0n) is 11.1. The number of aryl methyl sites for hydroxylation is 1. The number of nitrogens with zero attached hydrogens (tertiary/aromatic N) is 1. The van der Waals surface area contributed by atoms with Crippen LogP contribution in [0, 0.1) is 12.7 Å². The van der Waals surface area contributed by atoms with Gasteiger partial charge >= 0.3 is 5.97 Å². The van der Waals surface area contributed by atoms with Gasteiger partial charge in [0.2, 0.25) is 0 Å². The number of anilines is 1. The van der Waals surface area contributed by atoms with Crippen LogP contribution in [0.4, 0.5) is 10.1 Å². The standard InChI is InChI=1S/C15H15FN2O2/c1-10-9-12(16)5-4-11(10)6-8-17-13-3-2-7-18-14(13)15(19)20/h2-5,7,9,17H,6,8H2,1H3,(H,19,20). The SMILES string of the molecule is Cc1cc(F)ccc1CCNc1cccnc1C(=O)O. The smallest absolute Gasteiger partial charge is 0.356 e. The molecule has 0 spiro atoms. The zero-order chi connectivity index (χ0) is 14.5. The summed E-state index contributed by atoms with van der Waals surface area (Å²) in [6.45, 7) is 2.41. The van der Waals surface area contributed by atoms with Gasteiger partial charge in [0, 0.05) is 12.7 Å². The number of benzene rings is 1. The Morgan fingerprint density at radius 2 is 2.20 bits per heavy atom. The molecule has 1 aromatic heterocycles. The van der Waals surface area contributed by atoms with E-state index >= 15 is 0 Å². The van der Waals surface area contributed by atoms with Crippen molar-refractivity contribution in [3.63, 3.8) is 0 Å². The number of carboxylic acids is 1. The summed E-state index contributed by atoms with van der Waals surface area (Å²) in [7, 11) is 0. The van der Waals surface area contributed by atoms with E-state index in [1.165, 1.54) is 18.3 Å². The number of halogens is 1. The van der Waals surface area contributed by atoms with Crippen molar-refractivity contribution in [2.45, 2.75) is 13.3 Å². The number of hydrogen-bond acceptors (Lipinski definition) is 3. The summed E-state index contributed by atoms with van der Waals surface area (Å²) < 4.78 is 13.0. The Morgan fingerprint density at radius 3 is 2.90 bits per heavy atom. The van der Waals surface area contributed by atoms with Gasteiger partial charge in [-0.05, 0) is 48.7 Å². The molecule has 104 valence electrons. The van der Waals surface area contributed by atoms with Crippen LogP contribution in [0.1, 0.15) is 21.6 Å². The molecular formula is C15H15FN2O2. The normalized spacial score (nSPS) is 10.3. The lowest BCUT2D eigenvalue weighted by Crippen LogP contribution is -2.11. The lowest BCUT2D eigenvalue weighted by atomic mass is 10.1. The van der Waals surface area contributed by atoms with Crippen molar-refractivity contribution in [2.24, 2.45) is 0 Å². The van der Waals surface area contributed by atoms with E-state index in [2.05, 4.69) is 10.3 Å². The molecule has 0 saturated heterocycles. The van der Waals surface area contributed by atoms with Gasteiger partial charge in [0.25, 0.3) is 0 Å². The Balaban J connectivity index is 2.01. The van der Waals surface area contributed by atoms with E-state index in [1.54, 1.807) is 18.2 Å². The van der Waals surface area contributed by atoms with E-state index in [0.29, 0.717) is 18.7 Å². The Hall–Kier alpha value is -2.43. The molecule has 5 heteroatoms. The molecule has 2 N–H and O–H groups in total. The van der Waals surface area contributed by atoms with E-state index in [1.807, 2.05) is 6.92 Å². The van der Waals surface area contributed by atoms with Crippen LogP contribution in [-0.2, 0) is 6.42 Å². The number of rotatable bonds is 5. The van der Waals surface area contributed by atoms with Crippen molar-refractivity contribution in [1.82, 2.24) is 4.98 Å². The summed E-state index contributed by atoms with van der Waals surface area (Å²) in [5.74, 6) is -1.31. The third-order valence-electron chi connectivity index (χ3n) is 3.02. The second kappa shape index (κ2) is 6.14. The fourth-order valence-corrected chi connectivity index (χ4v) is 1.99. The zero-order valence-corrected chi connectivity index (χ0v) is 11.1. The molecule has 0 bridgehead atoms. The van der Waals surface area contributed by atoms with Crippen molar-refractivity contribution < 1.29 is 14.3 Å². The van der Waals surface area contributed by atoms with E-state index in [9.17, 15) is 9.18 Å². The maximum absolute atomic E-state index is 13.0. The van der Waals surface area contributed by atoms with Crippen LogP contribution < -0.4 is 5.32 Å². The highest BCUT2D eigenvalue weighted by atomic mass is 19.1. The van der Waals surface area contributed by atoms with Crippen LogP contribution in [-0.4, -0.2) is 22.6 Å². The number of aromatic nitrogens is 1. The molecule has 0 saturated carbocycles. The Morgan fingerprint density at radius 1 is 1.40 bits per heavy atom. The van der Waals surface area contributed by atoms with E-state index in [-0.39, 0.29) is 11.5 Å². The first-order valence-corrected chi connectivity index (χ1v) is 6.25. The average Bonchev–Trinajstić information content (AvgIpc) is 2.41. The van der Waals surface area contributed by atoms with Gasteiger partial charge in [0.05, 0.1) is 5.69 Å². The van der Waals surface area contributed by atoms with Crippen molar-refractivity contribution in [1.29, 1.82) is 0 Å². The first-order chi connectivity index (χ1) is 9.58. The minimum atomic E-state index is -1.06. The highest BCUT2D eigenvalue weighted by molar-refractivity contribution is 5.91. The minimum Gasteiger partial charge on any atom is -0.476 e. The quantitative estimate of drug-likeness (QED) is 0.880. The number of nitrogens with one attached hydrogen (secondary N) is 1. The van der Waals surface area contributed by atoms with E-state index in [4.69, 9.17) is 5.11 Å². The van der Waals surface area contributed by atoms with Gasteiger partial charge in [0.15, 0.2) is 5.69 Å². The predicted octanol–water partition coefficient (Wildman–Crippen LogP) is 2.88. The second-order valence-corrected chi connectivity index (χ2v) is 4.45. The highest BCUT2D eigenvalue weighted by Gasteiger charge is 2.10. The third kappa shape index (κ3) is 3.32. The molecule has 0 aliphatic heterocycles. The molecule has 0 aliphatic carbocycles. The lowest BCUT2D eigenvalue weighted by Gasteiger charge is -2.10. The van der Waals surface area contributed by atoms with E-state index in [0.717, 1.165) is 11.1 Å².